The lowest BCUT2D eigenvalue weighted by molar-refractivity contribution is 0.554. The Bertz CT molecular complexity index is 935. The highest BCUT2D eigenvalue weighted by atomic mass is 32.2. The maximum Gasteiger partial charge on any atom is 0.243 e. The van der Waals surface area contributed by atoms with Crippen molar-refractivity contribution in [2.75, 3.05) is 6.54 Å². The zero-order valence-electron chi connectivity index (χ0n) is 11.9. The molecule has 0 saturated carbocycles. The van der Waals surface area contributed by atoms with Crippen LogP contribution in [0.15, 0.2) is 77.7 Å². The smallest absolute Gasteiger partial charge is 0.207 e. The molecule has 0 bridgehead atoms. The molecule has 22 heavy (non-hydrogen) atoms. The van der Waals surface area contributed by atoms with Crippen LogP contribution in [0.1, 0.15) is 11.6 Å². The van der Waals surface area contributed by atoms with Crippen molar-refractivity contribution < 1.29 is 8.42 Å². The minimum absolute atomic E-state index is 0.0299. The molecule has 3 aromatic rings. The molecular weight excluding hydrogens is 294 g/mol. The molecule has 110 valence electrons. The van der Waals surface area contributed by atoms with E-state index in [9.17, 15) is 8.42 Å². The van der Waals surface area contributed by atoms with Crippen LogP contribution in [0.3, 0.4) is 0 Å². The molecule has 1 heterocycles. The number of benzene rings is 3. The van der Waals surface area contributed by atoms with E-state index in [0.717, 1.165) is 16.3 Å². The van der Waals surface area contributed by atoms with Crippen LogP contribution >= 0.6 is 0 Å². The third-order valence-electron chi connectivity index (χ3n) is 4.08. The molecule has 0 spiro atoms. The molecule has 0 radical (unpaired) electrons. The summed E-state index contributed by atoms with van der Waals surface area (Å²) in [5.74, 6) is 0. The fraction of sp³-hybridized carbons (Fsp3) is 0.111. The zero-order valence-corrected chi connectivity index (χ0v) is 12.7. The summed E-state index contributed by atoms with van der Waals surface area (Å²) in [7, 11) is -3.42. The molecule has 1 aliphatic rings. The van der Waals surface area contributed by atoms with E-state index in [1.54, 1.807) is 16.4 Å². The van der Waals surface area contributed by atoms with Gasteiger partial charge in [-0.3, -0.25) is 0 Å². The van der Waals surface area contributed by atoms with Crippen LogP contribution in [0.5, 0.6) is 0 Å². The molecule has 4 heteroatoms. The minimum atomic E-state index is -3.42. The Morgan fingerprint density at radius 3 is 2.27 bits per heavy atom. The second-order valence-corrected chi connectivity index (χ2v) is 7.40. The first-order valence-electron chi connectivity index (χ1n) is 7.22. The number of sulfonamides is 1. The molecular formula is C18H15NO2S. The fourth-order valence-electron chi connectivity index (χ4n) is 2.80. The van der Waals surface area contributed by atoms with Gasteiger partial charge in [0.05, 0.1) is 10.9 Å². The first-order valence-corrected chi connectivity index (χ1v) is 8.66. The molecule has 0 aliphatic carbocycles. The van der Waals surface area contributed by atoms with Gasteiger partial charge in [-0.05, 0) is 28.5 Å². The lowest BCUT2D eigenvalue weighted by atomic mass is 10.1. The van der Waals surface area contributed by atoms with Gasteiger partial charge in [-0.2, -0.15) is 4.31 Å². The maximum absolute atomic E-state index is 12.7. The van der Waals surface area contributed by atoms with Crippen LogP contribution in [-0.4, -0.2) is 19.3 Å². The summed E-state index contributed by atoms with van der Waals surface area (Å²) in [6, 6.07) is 22.8. The van der Waals surface area contributed by atoms with Crippen molar-refractivity contribution >= 4 is 20.8 Å². The lowest BCUT2D eigenvalue weighted by Crippen LogP contribution is -2.12. The highest BCUT2D eigenvalue weighted by molar-refractivity contribution is 7.89. The largest absolute Gasteiger partial charge is 0.243 e. The molecule has 1 fully saturated rings. The van der Waals surface area contributed by atoms with E-state index < -0.39 is 10.0 Å². The summed E-state index contributed by atoms with van der Waals surface area (Å²) in [5.41, 5.74) is 1.05. The molecule has 0 amide bonds. The first kappa shape index (κ1) is 13.5. The normalized spacial score (nSPS) is 20.9. The van der Waals surface area contributed by atoms with Crippen molar-refractivity contribution in [1.82, 2.24) is 4.31 Å². The summed E-state index contributed by atoms with van der Waals surface area (Å²) in [4.78, 5) is 0.365. The van der Waals surface area contributed by atoms with Gasteiger partial charge in [0.2, 0.25) is 10.0 Å². The Morgan fingerprint density at radius 2 is 1.50 bits per heavy atom. The molecule has 0 aromatic heterocycles. The van der Waals surface area contributed by atoms with E-state index in [0.29, 0.717) is 11.4 Å². The van der Waals surface area contributed by atoms with Gasteiger partial charge in [0.15, 0.2) is 0 Å². The third kappa shape index (κ3) is 2.21. The van der Waals surface area contributed by atoms with Crippen LogP contribution in [0.4, 0.5) is 0 Å². The fourth-order valence-corrected chi connectivity index (χ4v) is 4.38. The van der Waals surface area contributed by atoms with Gasteiger partial charge in [-0.15, -0.1) is 0 Å². The van der Waals surface area contributed by atoms with Crippen molar-refractivity contribution in [3.8, 4) is 0 Å². The number of fused-ring (bicyclic) bond motifs is 1. The van der Waals surface area contributed by atoms with Crippen molar-refractivity contribution in [2.24, 2.45) is 0 Å². The van der Waals surface area contributed by atoms with Crippen molar-refractivity contribution in [3.63, 3.8) is 0 Å². The summed E-state index contributed by atoms with van der Waals surface area (Å²) in [6.45, 7) is 0.555. The van der Waals surface area contributed by atoms with E-state index in [1.165, 1.54) is 0 Å². The standard InChI is InChI=1S/C18H15NO2S/c20-22(21,19-13-18(19)15-7-2-1-3-8-15)17-11-10-14-6-4-5-9-16(14)12-17/h1-12,18H,13H2. The van der Waals surface area contributed by atoms with Crippen LogP contribution in [0.25, 0.3) is 10.8 Å². The van der Waals surface area contributed by atoms with Gasteiger partial charge >= 0.3 is 0 Å². The molecule has 3 aromatic carbocycles. The quantitative estimate of drug-likeness (QED) is 0.693. The van der Waals surface area contributed by atoms with Gasteiger partial charge in [0.1, 0.15) is 0 Å². The monoisotopic (exact) mass is 309 g/mol. The molecule has 3 nitrogen and oxygen atoms in total. The Hall–Kier alpha value is -2.17. The number of hydrogen-bond donors (Lipinski definition) is 0. The Morgan fingerprint density at radius 1 is 0.818 bits per heavy atom. The number of rotatable bonds is 3. The maximum atomic E-state index is 12.7. The van der Waals surface area contributed by atoms with Gasteiger partial charge in [-0.25, -0.2) is 8.42 Å². The topological polar surface area (TPSA) is 37.1 Å². The Kier molecular flexibility index (Phi) is 3.03. The SMILES string of the molecule is O=S(=O)(c1ccc2ccccc2c1)N1CC1c1ccccc1. The van der Waals surface area contributed by atoms with Crippen molar-refractivity contribution in [2.45, 2.75) is 10.9 Å². The molecule has 1 aliphatic heterocycles. The molecule has 1 saturated heterocycles. The second-order valence-electron chi connectivity index (χ2n) is 5.51. The summed E-state index contributed by atoms with van der Waals surface area (Å²) in [6.07, 6.45) is 0. The van der Waals surface area contributed by atoms with E-state index in [1.807, 2.05) is 60.7 Å². The zero-order chi connectivity index (χ0) is 15.2. The summed E-state index contributed by atoms with van der Waals surface area (Å²) in [5, 5.41) is 1.99. The highest BCUT2D eigenvalue weighted by Crippen LogP contribution is 2.40. The average Bonchev–Trinajstić information content (AvgIpc) is 3.37. The van der Waals surface area contributed by atoms with E-state index in [2.05, 4.69) is 0 Å². The summed E-state index contributed by atoms with van der Waals surface area (Å²) >= 11 is 0. The molecule has 2 atom stereocenters. The first-order chi connectivity index (χ1) is 10.7. The Balaban J connectivity index is 1.69. The average molecular weight is 309 g/mol. The lowest BCUT2D eigenvalue weighted by Gasteiger charge is -2.08. The minimum Gasteiger partial charge on any atom is -0.207 e. The third-order valence-corrected chi connectivity index (χ3v) is 5.95. The molecule has 4 rings (SSSR count). The van der Waals surface area contributed by atoms with Crippen molar-refractivity contribution in [3.05, 3.63) is 78.4 Å². The second kappa shape index (κ2) is 4.93. The number of hydrogen-bond acceptors (Lipinski definition) is 2. The van der Waals surface area contributed by atoms with Crippen molar-refractivity contribution in [1.29, 1.82) is 0 Å². The van der Waals surface area contributed by atoms with Crippen LogP contribution in [-0.2, 0) is 10.0 Å². The van der Waals surface area contributed by atoms with E-state index in [4.69, 9.17) is 0 Å². The van der Waals surface area contributed by atoms with Crippen LogP contribution in [0.2, 0.25) is 0 Å². The van der Waals surface area contributed by atoms with Crippen LogP contribution in [0, 0.1) is 0 Å². The molecule has 0 N–H and O–H groups in total. The summed E-state index contributed by atoms with van der Waals surface area (Å²) < 4.78 is 27.0. The number of nitrogens with zero attached hydrogens (tertiary/aromatic N) is 1. The van der Waals surface area contributed by atoms with Gasteiger partial charge in [-0.1, -0.05) is 60.7 Å². The Labute approximate surface area is 129 Å². The van der Waals surface area contributed by atoms with Gasteiger partial charge in [0.25, 0.3) is 0 Å². The predicted molar refractivity (Wildman–Crippen MR) is 87.0 cm³/mol. The van der Waals surface area contributed by atoms with E-state index >= 15 is 0 Å². The highest BCUT2D eigenvalue weighted by Gasteiger charge is 2.45. The van der Waals surface area contributed by atoms with Gasteiger partial charge in [0, 0.05) is 6.54 Å². The molecule has 2 unspecified atom stereocenters. The van der Waals surface area contributed by atoms with Gasteiger partial charge < -0.3 is 0 Å². The van der Waals surface area contributed by atoms with E-state index in [-0.39, 0.29) is 6.04 Å². The van der Waals surface area contributed by atoms with Crippen LogP contribution < -0.4 is 0 Å². The predicted octanol–water partition coefficient (Wildman–Crippen LogP) is 3.59.